The Labute approximate surface area is 107 Å². The third-order valence-electron chi connectivity index (χ3n) is 2.80. The first-order valence-corrected chi connectivity index (χ1v) is 5.99. The van der Waals surface area contributed by atoms with Gasteiger partial charge in [-0.05, 0) is 27.1 Å². The lowest BCUT2D eigenvalue weighted by atomic mass is 10.2. The Hall–Kier alpha value is -1.59. The third kappa shape index (κ3) is 3.21. The summed E-state index contributed by atoms with van der Waals surface area (Å²) in [5.41, 5.74) is 2.13. The quantitative estimate of drug-likeness (QED) is 0.847. The van der Waals surface area contributed by atoms with Crippen LogP contribution in [0.5, 0.6) is 0 Å². The maximum Gasteiger partial charge on any atom is 0.151 e. The fraction of sp³-hybridized carbons (Fsp3) is 0.462. The average Bonchev–Trinajstić information content (AvgIpc) is 2.90. The number of nitrogens with zero attached hydrogens (tertiary/aromatic N) is 2. The fourth-order valence-corrected chi connectivity index (χ4v) is 1.88. The van der Waals surface area contributed by atoms with Gasteiger partial charge in [-0.1, -0.05) is 5.16 Å². The first kappa shape index (κ1) is 12.9. The first-order valence-electron chi connectivity index (χ1n) is 5.99. The van der Waals surface area contributed by atoms with Crippen LogP contribution >= 0.6 is 0 Å². The van der Waals surface area contributed by atoms with Gasteiger partial charge in [0.2, 0.25) is 0 Å². The number of hydrogen-bond donors (Lipinski definition) is 1. The summed E-state index contributed by atoms with van der Waals surface area (Å²) in [5, 5.41) is 7.04. The second kappa shape index (κ2) is 5.84. The number of aromatic nitrogens is 1. The Morgan fingerprint density at radius 3 is 2.89 bits per heavy atom. The molecule has 5 heteroatoms. The zero-order valence-corrected chi connectivity index (χ0v) is 11.1. The van der Waals surface area contributed by atoms with Crippen molar-refractivity contribution in [3.8, 4) is 0 Å². The maximum atomic E-state index is 5.28. The van der Waals surface area contributed by atoms with E-state index in [0.29, 0.717) is 0 Å². The second-order valence-electron chi connectivity index (χ2n) is 4.49. The molecular formula is C13H19N3O2. The molecule has 0 radical (unpaired) electrons. The van der Waals surface area contributed by atoms with E-state index in [-0.39, 0.29) is 0 Å². The van der Waals surface area contributed by atoms with Crippen LogP contribution in [0.2, 0.25) is 0 Å². The largest absolute Gasteiger partial charge is 0.469 e. The Morgan fingerprint density at radius 1 is 1.39 bits per heavy atom. The summed E-state index contributed by atoms with van der Waals surface area (Å²) in [4.78, 5) is 2.17. The number of hydrogen-bond acceptors (Lipinski definition) is 5. The molecule has 0 aliphatic carbocycles. The first-order chi connectivity index (χ1) is 8.69. The van der Waals surface area contributed by atoms with Gasteiger partial charge < -0.3 is 14.3 Å². The van der Waals surface area contributed by atoms with Gasteiger partial charge in [0.25, 0.3) is 0 Å². The summed E-state index contributed by atoms with van der Waals surface area (Å²) in [7, 11) is 3.94. The van der Waals surface area contributed by atoms with Gasteiger partial charge in [0.1, 0.15) is 5.76 Å². The van der Waals surface area contributed by atoms with Crippen molar-refractivity contribution < 1.29 is 8.94 Å². The maximum absolute atomic E-state index is 5.28. The summed E-state index contributed by atoms with van der Waals surface area (Å²) in [6, 6.07) is 3.98. The van der Waals surface area contributed by atoms with Crippen molar-refractivity contribution in [3.05, 3.63) is 41.2 Å². The molecule has 0 saturated carbocycles. The molecule has 0 atom stereocenters. The van der Waals surface area contributed by atoms with Gasteiger partial charge in [0, 0.05) is 24.7 Å². The van der Waals surface area contributed by atoms with E-state index in [1.165, 1.54) is 5.56 Å². The van der Waals surface area contributed by atoms with Crippen LogP contribution in [0.15, 0.2) is 27.3 Å². The highest BCUT2D eigenvalue weighted by molar-refractivity contribution is 5.15. The lowest BCUT2D eigenvalue weighted by Gasteiger charge is -2.13. The standard InChI is InChI=1S/C13H19N3O2/c1-10-11(4-5-17-10)8-16(3)9-13-6-12(7-14-2)15-18-13/h4-6,14H,7-9H2,1-3H3. The lowest BCUT2D eigenvalue weighted by Crippen LogP contribution is -2.17. The Kier molecular flexibility index (Phi) is 4.17. The molecule has 5 nitrogen and oxygen atoms in total. The van der Waals surface area contributed by atoms with Crippen LogP contribution < -0.4 is 5.32 Å². The normalized spacial score (nSPS) is 11.3. The van der Waals surface area contributed by atoms with Gasteiger partial charge in [-0.3, -0.25) is 4.90 Å². The van der Waals surface area contributed by atoms with Crippen molar-refractivity contribution in [1.29, 1.82) is 0 Å². The predicted octanol–water partition coefficient (Wildman–Crippen LogP) is 1.93. The number of furan rings is 1. The van der Waals surface area contributed by atoms with Gasteiger partial charge >= 0.3 is 0 Å². The van der Waals surface area contributed by atoms with Crippen LogP contribution in [0.25, 0.3) is 0 Å². The van der Waals surface area contributed by atoms with E-state index in [4.69, 9.17) is 8.94 Å². The van der Waals surface area contributed by atoms with Gasteiger partial charge in [-0.2, -0.15) is 0 Å². The molecule has 0 aromatic carbocycles. The van der Waals surface area contributed by atoms with Crippen molar-refractivity contribution in [2.24, 2.45) is 0 Å². The molecule has 0 fully saturated rings. The Balaban J connectivity index is 1.90. The molecule has 2 aromatic heterocycles. The molecule has 2 rings (SSSR count). The molecule has 18 heavy (non-hydrogen) atoms. The van der Waals surface area contributed by atoms with Crippen molar-refractivity contribution in [2.75, 3.05) is 14.1 Å². The second-order valence-corrected chi connectivity index (χ2v) is 4.49. The van der Waals surface area contributed by atoms with Crippen LogP contribution in [0.4, 0.5) is 0 Å². The lowest BCUT2D eigenvalue weighted by molar-refractivity contribution is 0.264. The fourth-order valence-electron chi connectivity index (χ4n) is 1.88. The minimum Gasteiger partial charge on any atom is -0.469 e. The topological polar surface area (TPSA) is 54.4 Å². The highest BCUT2D eigenvalue weighted by Crippen LogP contribution is 2.13. The van der Waals surface area contributed by atoms with Crippen molar-refractivity contribution in [1.82, 2.24) is 15.4 Å². The molecule has 0 bridgehead atoms. The Morgan fingerprint density at radius 2 is 2.22 bits per heavy atom. The highest BCUT2D eigenvalue weighted by atomic mass is 16.5. The molecule has 2 heterocycles. The Bertz CT molecular complexity index is 490. The smallest absolute Gasteiger partial charge is 0.151 e. The summed E-state index contributed by atoms with van der Waals surface area (Å²) >= 11 is 0. The minimum absolute atomic E-state index is 0.730. The zero-order valence-electron chi connectivity index (χ0n) is 11.1. The molecule has 0 amide bonds. The van der Waals surface area contributed by atoms with Crippen LogP contribution in [0, 0.1) is 6.92 Å². The summed E-state index contributed by atoms with van der Waals surface area (Å²) in [6.07, 6.45) is 1.72. The zero-order chi connectivity index (χ0) is 13.0. The predicted molar refractivity (Wildman–Crippen MR) is 67.9 cm³/mol. The summed E-state index contributed by atoms with van der Waals surface area (Å²) in [6.45, 7) is 4.28. The van der Waals surface area contributed by atoms with Gasteiger partial charge in [-0.15, -0.1) is 0 Å². The van der Waals surface area contributed by atoms with E-state index < -0.39 is 0 Å². The SMILES string of the molecule is CNCc1cc(CN(C)Cc2ccoc2C)on1. The van der Waals surface area contributed by atoms with Gasteiger partial charge in [-0.25, -0.2) is 0 Å². The van der Waals surface area contributed by atoms with E-state index in [1.807, 2.05) is 33.2 Å². The van der Waals surface area contributed by atoms with Crippen LogP contribution in [-0.4, -0.2) is 24.2 Å². The van der Waals surface area contributed by atoms with Crippen molar-refractivity contribution >= 4 is 0 Å². The van der Waals surface area contributed by atoms with Gasteiger partial charge in [0.15, 0.2) is 5.76 Å². The van der Waals surface area contributed by atoms with E-state index in [0.717, 1.165) is 36.8 Å². The average molecular weight is 249 g/mol. The van der Waals surface area contributed by atoms with E-state index in [2.05, 4.69) is 15.4 Å². The highest BCUT2D eigenvalue weighted by Gasteiger charge is 2.09. The van der Waals surface area contributed by atoms with E-state index in [1.54, 1.807) is 6.26 Å². The van der Waals surface area contributed by atoms with Crippen LogP contribution in [-0.2, 0) is 19.6 Å². The molecule has 0 unspecified atom stereocenters. The molecule has 2 aromatic rings. The molecule has 98 valence electrons. The number of rotatable bonds is 6. The van der Waals surface area contributed by atoms with Crippen LogP contribution in [0.3, 0.4) is 0 Å². The van der Waals surface area contributed by atoms with Gasteiger partial charge in [0.05, 0.1) is 18.5 Å². The van der Waals surface area contributed by atoms with Crippen molar-refractivity contribution in [3.63, 3.8) is 0 Å². The number of nitrogens with one attached hydrogen (secondary N) is 1. The molecular weight excluding hydrogens is 230 g/mol. The monoisotopic (exact) mass is 249 g/mol. The summed E-state index contributed by atoms with van der Waals surface area (Å²) < 4.78 is 10.6. The van der Waals surface area contributed by atoms with Crippen LogP contribution in [0.1, 0.15) is 22.8 Å². The van der Waals surface area contributed by atoms with Crippen molar-refractivity contribution in [2.45, 2.75) is 26.6 Å². The molecule has 0 spiro atoms. The minimum atomic E-state index is 0.730. The molecule has 0 aliphatic rings. The van der Waals surface area contributed by atoms with E-state index in [9.17, 15) is 0 Å². The van der Waals surface area contributed by atoms with E-state index >= 15 is 0 Å². The molecule has 0 aliphatic heterocycles. The third-order valence-corrected chi connectivity index (χ3v) is 2.80. The number of aryl methyl sites for hydroxylation is 1. The molecule has 0 saturated heterocycles. The summed E-state index contributed by atoms with van der Waals surface area (Å²) in [5.74, 6) is 1.85. The molecule has 1 N–H and O–H groups in total.